The van der Waals surface area contributed by atoms with Gasteiger partial charge in [0.2, 0.25) is 5.78 Å². The first kappa shape index (κ1) is 25.5. The lowest BCUT2D eigenvalue weighted by Crippen LogP contribution is -2.27. The van der Waals surface area contributed by atoms with Gasteiger partial charge in [-0.1, -0.05) is 17.7 Å². The SMILES string of the molecule is COC(=O)C1=C(C(=O)OC)N(c2ccc(C(=O)OC(C)C(=O)c3ccc(Cl)cc3)cc2)C=CC=C1. The molecule has 0 aliphatic carbocycles. The highest BCUT2D eigenvalue weighted by molar-refractivity contribution is 6.30. The van der Waals surface area contributed by atoms with E-state index < -0.39 is 24.0 Å². The Morgan fingerprint density at radius 1 is 0.800 bits per heavy atom. The summed E-state index contributed by atoms with van der Waals surface area (Å²) in [4.78, 5) is 51.4. The van der Waals surface area contributed by atoms with Gasteiger partial charge in [0.15, 0.2) is 6.10 Å². The molecule has 1 atom stereocenters. The number of hydrogen-bond acceptors (Lipinski definition) is 8. The lowest BCUT2D eigenvalue weighted by molar-refractivity contribution is -0.139. The molecule has 0 N–H and O–H groups in total. The Kier molecular flexibility index (Phi) is 8.22. The number of ether oxygens (including phenoxy) is 3. The zero-order valence-corrected chi connectivity index (χ0v) is 19.9. The Morgan fingerprint density at radius 2 is 1.40 bits per heavy atom. The van der Waals surface area contributed by atoms with Crippen LogP contribution in [0.25, 0.3) is 0 Å². The molecular formula is C26H22ClNO7. The maximum absolute atomic E-state index is 12.6. The Bertz CT molecular complexity index is 1230. The van der Waals surface area contributed by atoms with Crippen LogP contribution < -0.4 is 4.90 Å². The molecule has 0 saturated heterocycles. The van der Waals surface area contributed by atoms with Gasteiger partial charge in [-0.2, -0.15) is 0 Å². The number of Topliss-reactive ketones (excluding diaryl/α,β-unsaturated/α-hetero) is 1. The molecule has 1 unspecified atom stereocenters. The highest BCUT2D eigenvalue weighted by Crippen LogP contribution is 2.27. The van der Waals surface area contributed by atoms with Crippen LogP contribution >= 0.6 is 11.6 Å². The minimum atomic E-state index is -1.01. The van der Waals surface area contributed by atoms with Crippen molar-refractivity contribution in [2.75, 3.05) is 19.1 Å². The Morgan fingerprint density at radius 3 is 2.00 bits per heavy atom. The summed E-state index contributed by atoms with van der Waals surface area (Å²) in [5, 5.41) is 0.491. The first-order valence-corrected chi connectivity index (χ1v) is 10.8. The van der Waals surface area contributed by atoms with Crippen molar-refractivity contribution < 1.29 is 33.4 Å². The zero-order valence-electron chi connectivity index (χ0n) is 19.2. The summed E-state index contributed by atoms with van der Waals surface area (Å²) in [5.74, 6) is -2.52. The van der Waals surface area contributed by atoms with Gasteiger partial charge in [0, 0.05) is 22.5 Å². The third-order valence-corrected chi connectivity index (χ3v) is 5.30. The van der Waals surface area contributed by atoms with E-state index in [1.165, 1.54) is 44.3 Å². The molecule has 0 aromatic heterocycles. The van der Waals surface area contributed by atoms with Crippen LogP contribution in [0.2, 0.25) is 5.02 Å². The minimum Gasteiger partial charge on any atom is -0.465 e. The molecule has 0 bridgehead atoms. The molecule has 180 valence electrons. The molecule has 9 heteroatoms. The normalized spacial score (nSPS) is 13.7. The number of benzene rings is 2. The summed E-state index contributed by atoms with van der Waals surface area (Å²) >= 11 is 5.84. The number of methoxy groups -OCH3 is 2. The molecule has 2 aromatic rings. The van der Waals surface area contributed by atoms with Crippen LogP contribution in [0, 0.1) is 0 Å². The predicted molar refractivity (Wildman–Crippen MR) is 129 cm³/mol. The minimum absolute atomic E-state index is 0.00220. The molecule has 1 aliphatic rings. The van der Waals surface area contributed by atoms with E-state index in [0.717, 1.165) is 0 Å². The zero-order chi connectivity index (χ0) is 25.5. The van der Waals surface area contributed by atoms with E-state index in [1.54, 1.807) is 54.8 Å². The van der Waals surface area contributed by atoms with Crippen molar-refractivity contribution in [3.63, 3.8) is 0 Å². The van der Waals surface area contributed by atoms with Crippen molar-refractivity contribution >= 4 is 41.0 Å². The molecule has 8 nitrogen and oxygen atoms in total. The van der Waals surface area contributed by atoms with Gasteiger partial charge in [0.1, 0.15) is 5.70 Å². The average Bonchev–Trinajstić information content (AvgIpc) is 3.11. The second-order valence-corrected chi connectivity index (χ2v) is 7.72. The quantitative estimate of drug-likeness (QED) is 0.319. The number of esters is 3. The molecule has 0 radical (unpaired) electrons. The van der Waals surface area contributed by atoms with Gasteiger partial charge < -0.3 is 19.1 Å². The summed E-state index contributed by atoms with van der Waals surface area (Å²) in [5.41, 5.74) is 0.978. The molecule has 2 aromatic carbocycles. The summed E-state index contributed by atoms with van der Waals surface area (Å²) in [7, 11) is 2.41. The molecular weight excluding hydrogens is 474 g/mol. The monoisotopic (exact) mass is 495 g/mol. The molecule has 0 saturated carbocycles. The maximum Gasteiger partial charge on any atom is 0.355 e. The molecule has 0 spiro atoms. The standard InChI is InChI=1S/C26H22ClNO7/c1-16(23(29)17-7-11-19(27)12-8-17)35-24(30)18-9-13-20(14-10-18)28-15-5-4-6-21(25(31)33-2)22(28)26(32)34-3/h4-16H,1-3H3. The first-order valence-electron chi connectivity index (χ1n) is 10.4. The fourth-order valence-electron chi connectivity index (χ4n) is 3.25. The highest BCUT2D eigenvalue weighted by Gasteiger charge is 2.28. The van der Waals surface area contributed by atoms with E-state index >= 15 is 0 Å². The topological polar surface area (TPSA) is 99.2 Å². The largest absolute Gasteiger partial charge is 0.465 e. The second-order valence-electron chi connectivity index (χ2n) is 7.28. The predicted octanol–water partition coefficient (Wildman–Crippen LogP) is 4.26. The lowest BCUT2D eigenvalue weighted by atomic mass is 10.1. The maximum atomic E-state index is 12.6. The molecule has 0 fully saturated rings. The van der Waals surface area contributed by atoms with Gasteiger partial charge in [-0.25, -0.2) is 14.4 Å². The third kappa shape index (κ3) is 5.85. The van der Waals surface area contributed by atoms with Crippen LogP contribution in [0.1, 0.15) is 27.6 Å². The molecule has 35 heavy (non-hydrogen) atoms. The van der Waals surface area contributed by atoms with E-state index in [1.807, 2.05) is 0 Å². The fraction of sp³-hybridized carbons (Fsp3) is 0.154. The van der Waals surface area contributed by atoms with E-state index in [2.05, 4.69) is 0 Å². The first-order chi connectivity index (χ1) is 16.8. The van der Waals surface area contributed by atoms with Gasteiger partial charge in [0.05, 0.1) is 25.4 Å². The number of carbonyl (C=O) groups excluding carboxylic acids is 4. The van der Waals surface area contributed by atoms with Crippen LogP contribution in [0.5, 0.6) is 0 Å². The Balaban J connectivity index is 1.82. The lowest BCUT2D eigenvalue weighted by Gasteiger charge is -2.23. The van der Waals surface area contributed by atoms with Gasteiger partial charge in [-0.05, 0) is 67.6 Å². The summed E-state index contributed by atoms with van der Waals surface area (Å²) < 4.78 is 15.0. The number of rotatable bonds is 7. The number of ketones is 1. The molecule has 3 rings (SSSR count). The van der Waals surface area contributed by atoms with Crippen LogP contribution in [-0.2, 0) is 23.8 Å². The van der Waals surface area contributed by atoms with Crippen molar-refractivity contribution in [2.45, 2.75) is 13.0 Å². The van der Waals surface area contributed by atoms with Crippen LogP contribution in [0.3, 0.4) is 0 Å². The number of halogens is 1. The third-order valence-electron chi connectivity index (χ3n) is 5.05. The summed E-state index contributed by atoms with van der Waals surface area (Å²) in [6.45, 7) is 1.49. The Labute approximate surface area is 207 Å². The number of hydrogen-bond donors (Lipinski definition) is 0. The average molecular weight is 496 g/mol. The molecule has 1 aliphatic heterocycles. The summed E-state index contributed by atoms with van der Waals surface area (Å²) in [6.07, 6.45) is 5.21. The smallest absolute Gasteiger partial charge is 0.355 e. The number of nitrogens with zero attached hydrogens (tertiary/aromatic N) is 1. The van der Waals surface area contributed by atoms with Crippen molar-refractivity contribution in [3.8, 4) is 0 Å². The molecule has 0 amide bonds. The fourth-order valence-corrected chi connectivity index (χ4v) is 3.38. The van der Waals surface area contributed by atoms with Crippen LogP contribution in [0.15, 0.2) is 84.2 Å². The molecule has 1 heterocycles. The van der Waals surface area contributed by atoms with Crippen molar-refractivity contribution in [1.82, 2.24) is 0 Å². The van der Waals surface area contributed by atoms with Gasteiger partial charge in [-0.15, -0.1) is 0 Å². The van der Waals surface area contributed by atoms with Crippen LogP contribution in [-0.4, -0.2) is 44.0 Å². The van der Waals surface area contributed by atoms with E-state index in [-0.39, 0.29) is 22.6 Å². The van der Waals surface area contributed by atoms with Crippen molar-refractivity contribution in [3.05, 3.63) is 100 Å². The van der Waals surface area contributed by atoms with E-state index in [4.69, 9.17) is 25.8 Å². The Hall–Kier alpha value is -4.17. The van der Waals surface area contributed by atoms with E-state index in [9.17, 15) is 19.2 Å². The summed E-state index contributed by atoms with van der Waals surface area (Å²) in [6, 6.07) is 12.4. The number of carbonyl (C=O) groups is 4. The number of anilines is 1. The van der Waals surface area contributed by atoms with Crippen LogP contribution in [0.4, 0.5) is 5.69 Å². The van der Waals surface area contributed by atoms with Gasteiger partial charge in [0.25, 0.3) is 0 Å². The second kappa shape index (κ2) is 11.3. The van der Waals surface area contributed by atoms with E-state index in [0.29, 0.717) is 16.3 Å². The number of allylic oxidation sites excluding steroid dienone is 2. The van der Waals surface area contributed by atoms with Crippen molar-refractivity contribution in [1.29, 1.82) is 0 Å². The van der Waals surface area contributed by atoms with Gasteiger partial charge >= 0.3 is 17.9 Å². The van der Waals surface area contributed by atoms with Crippen molar-refractivity contribution in [2.24, 2.45) is 0 Å². The van der Waals surface area contributed by atoms with Gasteiger partial charge in [-0.3, -0.25) is 4.79 Å². The highest BCUT2D eigenvalue weighted by atomic mass is 35.5.